The Morgan fingerprint density at radius 2 is 0.362 bits per heavy atom. The average Bonchev–Trinajstić information content (AvgIpc) is 1.15. The van der Waals surface area contributed by atoms with Crippen molar-refractivity contribution in [2.45, 2.75) is 50.4 Å². The molecule has 0 saturated carbocycles. The smallest absolute Gasteiger partial charge is 0.266 e. The topological polar surface area (TPSA) is 87.7 Å². The summed E-state index contributed by atoms with van der Waals surface area (Å²) in [5.74, 6) is -1.14. The van der Waals surface area contributed by atoms with E-state index in [4.69, 9.17) is 0 Å². The van der Waals surface area contributed by atoms with Gasteiger partial charge in [0.05, 0.1) is 79.1 Å². The Morgan fingerprint density at radius 3 is 0.600 bits per heavy atom. The normalized spacial score (nSPS) is 14.6. The number of nitrogens with zero attached hydrogens (tertiary/aromatic N) is 6. The van der Waals surface area contributed by atoms with Gasteiger partial charge in [-0.25, -0.2) is 9.80 Å². The zero-order valence-corrected chi connectivity index (χ0v) is 72.0. The third kappa shape index (κ3) is 12.5. The fraction of sp³-hybridized carbons (Fsp3) is 0.0667. The second-order valence-corrected chi connectivity index (χ2v) is 35.2. The van der Waals surface area contributed by atoms with Gasteiger partial charge in [-0.1, -0.05) is 343 Å². The molecule has 18 aromatic carbocycles. The van der Waals surface area contributed by atoms with Crippen molar-refractivity contribution in [1.82, 2.24) is 0 Å². The van der Waals surface area contributed by atoms with E-state index in [0.717, 1.165) is 102 Å². The summed E-state index contributed by atoms with van der Waals surface area (Å²) >= 11 is 0. The highest BCUT2D eigenvalue weighted by Gasteiger charge is 2.45. The number of para-hydroxylation sites is 10. The van der Waals surface area contributed by atoms with Crippen molar-refractivity contribution in [2.24, 2.45) is 0 Å². The number of rotatable bonds is 12. The largest absolute Gasteiger partial charge is 0.310 e. The van der Waals surface area contributed by atoms with Crippen LogP contribution in [0.25, 0.3) is 44.5 Å². The lowest BCUT2D eigenvalue weighted by molar-refractivity contribution is 0.0910. The molecule has 0 aliphatic carbocycles. The summed E-state index contributed by atoms with van der Waals surface area (Å²) in [6, 6.07) is 151. The predicted molar refractivity (Wildman–Crippen MR) is 528 cm³/mol. The molecule has 0 spiro atoms. The Labute approximate surface area is 756 Å². The summed E-state index contributed by atoms with van der Waals surface area (Å²) in [5.41, 5.74) is 34.3. The molecule has 620 valence electrons. The minimum Gasteiger partial charge on any atom is -0.310 e. The number of hydrogen-bond acceptors (Lipinski definition) is 8. The van der Waals surface area contributed by atoms with Crippen LogP contribution in [0.15, 0.2) is 437 Å². The number of fused-ring (bicyclic) bond motifs is 10. The summed E-state index contributed by atoms with van der Waals surface area (Å²) < 4.78 is 0. The summed E-state index contributed by atoms with van der Waals surface area (Å²) in [6.45, 7) is 9.14. The number of benzene rings is 18. The van der Waals surface area contributed by atoms with Gasteiger partial charge in [0.25, 0.3) is 23.6 Å². The molecular weight excluding hydrogens is 1590 g/mol. The highest BCUT2D eigenvalue weighted by atomic mass is 16.2. The first-order chi connectivity index (χ1) is 63.8. The number of hydrogen-bond donors (Lipinski definition) is 0. The van der Waals surface area contributed by atoms with Crippen LogP contribution in [0.4, 0.5) is 79.6 Å². The highest BCUT2D eigenvalue weighted by Crippen LogP contribution is 2.58. The Morgan fingerprint density at radius 1 is 0.177 bits per heavy atom. The van der Waals surface area contributed by atoms with E-state index in [1.54, 1.807) is 0 Å². The van der Waals surface area contributed by atoms with Crippen LogP contribution >= 0.6 is 0 Å². The first-order valence-electron chi connectivity index (χ1n) is 44.4. The second kappa shape index (κ2) is 31.2. The van der Waals surface area contributed by atoms with E-state index in [2.05, 4.69) is 399 Å². The zero-order valence-electron chi connectivity index (χ0n) is 72.0. The van der Waals surface area contributed by atoms with Crippen LogP contribution in [0, 0.1) is 0 Å². The fourth-order valence-corrected chi connectivity index (χ4v) is 21.3. The van der Waals surface area contributed by atoms with Crippen molar-refractivity contribution < 1.29 is 19.2 Å². The van der Waals surface area contributed by atoms with Gasteiger partial charge in [0.15, 0.2) is 0 Å². The highest BCUT2D eigenvalue weighted by molar-refractivity contribution is 6.39. The second-order valence-electron chi connectivity index (χ2n) is 35.2. The van der Waals surface area contributed by atoms with Crippen molar-refractivity contribution in [2.75, 3.05) is 29.4 Å². The molecule has 24 rings (SSSR count). The lowest BCUT2D eigenvalue weighted by atomic mass is 9.73. The van der Waals surface area contributed by atoms with Crippen LogP contribution in [0.1, 0.15) is 137 Å². The van der Waals surface area contributed by atoms with Crippen molar-refractivity contribution in [3.05, 3.63) is 515 Å². The molecule has 0 bridgehead atoms. The molecule has 4 amide bonds. The van der Waals surface area contributed by atoms with Gasteiger partial charge in [0.2, 0.25) is 0 Å². The van der Waals surface area contributed by atoms with E-state index in [9.17, 15) is 19.2 Å². The van der Waals surface area contributed by atoms with Crippen LogP contribution in [0.2, 0.25) is 0 Å². The zero-order chi connectivity index (χ0) is 87.6. The first kappa shape index (κ1) is 78.2. The molecule has 0 saturated heterocycles. The van der Waals surface area contributed by atoms with Gasteiger partial charge in [-0.15, -0.1) is 0 Å². The molecule has 0 fully saturated rings. The van der Waals surface area contributed by atoms with Crippen LogP contribution in [-0.2, 0) is 10.8 Å². The third-order valence-electron chi connectivity index (χ3n) is 27.3. The third-order valence-corrected chi connectivity index (χ3v) is 27.3. The maximum Gasteiger partial charge on any atom is 0.266 e. The predicted octanol–water partition coefficient (Wildman–Crippen LogP) is 29.8. The lowest BCUT2D eigenvalue weighted by Gasteiger charge is -2.42. The number of imide groups is 2. The minimum atomic E-state index is -0.334. The van der Waals surface area contributed by atoms with Gasteiger partial charge >= 0.3 is 0 Å². The van der Waals surface area contributed by atoms with Gasteiger partial charge in [-0.2, -0.15) is 0 Å². The average molecular weight is 1680 g/mol. The molecule has 0 aromatic heterocycles. The number of carbonyl (C=O) groups excluding carboxylic acids is 4. The van der Waals surface area contributed by atoms with Gasteiger partial charge in [0.1, 0.15) is 0 Å². The minimum absolute atomic E-state index is 0.0911. The molecule has 6 heterocycles. The molecule has 0 atom stereocenters. The SMILES string of the molecule is CC1(C)c2ccccc2N(c2ccc(-c3ccc(-c4ccc(N5c6ccccc6C(C)(C)c6ccccc65)cc4)c4c3C(=O)N(c3ccccc3)C4=O)cc2)c2ccccc21.O=C1c2c(-c3ccc(N4c5ccccc5C(c5ccccc5)c5ccccc54)cc3)ccc(-c3ccc(N4c5ccccc5C(c5ccccc5)c5ccccc54)cc3)c2C(=O)N1c1ccccc1. The van der Waals surface area contributed by atoms with Crippen LogP contribution in [0.5, 0.6) is 0 Å². The number of amides is 4. The fourth-order valence-electron chi connectivity index (χ4n) is 21.3. The Hall–Kier alpha value is -16.6. The molecular formula is C120H86N6O4. The van der Waals surface area contributed by atoms with Crippen LogP contribution < -0.4 is 29.4 Å². The van der Waals surface area contributed by atoms with Gasteiger partial charge in [-0.3, -0.25) is 19.2 Å². The Kier molecular flexibility index (Phi) is 18.8. The Balaban J connectivity index is 0.000000149. The van der Waals surface area contributed by atoms with E-state index in [0.29, 0.717) is 44.8 Å². The van der Waals surface area contributed by atoms with Gasteiger partial charge in [0, 0.05) is 45.4 Å². The molecule has 10 nitrogen and oxygen atoms in total. The molecule has 10 heteroatoms. The summed E-state index contributed by atoms with van der Waals surface area (Å²) in [4.78, 5) is 71.0. The molecule has 6 aliphatic heterocycles. The van der Waals surface area contributed by atoms with Crippen LogP contribution in [-0.4, -0.2) is 23.6 Å². The van der Waals surface area contributed by atoms with E-state index < -0.39 is 0 Å². The first-order valence-corrected chi connectivity index (χ1v) is 44.4. The van der Waals surface area contributed by atoms with Gasteiger partial charge in [-0.05, 0) is 221 Å². The quantitative estimate of drug-likeness (QED) is 0.112. The summed E-state index contributed by atoms with van der Waals surface area (Å²) in [5, 5.41) is 0. The maximum atomic E-state index is 14.8. The molecule has 18 aromatic rings. The monoisotopic (exact) mass is 1670 g/mol. The van der Waals surface area contributed by atoms with Crippen LogP contribution in [0.3, 0.4) is 0 Å². The van der Waals surface area contributed by atoms with Crippen molar-refractivity contribution >= 4 is 103 Å². The number of carbonyl (C=O) groups is 4. The lowest BCUT2D eigenvalue weighted by Crippen LogP contribution is -2.30. The molecule has 6 aliphatic rings. The summed E-state index contributed by atoms with van der Waals surface area (Å²) in [7, 11) is 0. The van der Waals surface area contributed by atoms with E-state index in [1.165, 1.54) is 65.4 Å². The molecule has 0 N–H and O–H groups in total. The molecule has 0 unspecified atom stereocenters. The van der Waals surface area contributed by atoms with Gasteiger partial charge < -0.3 is 19.6 Å². The van der Waals surface area contributed by atoms with E-state index in [1.807, 2.05) is 84.9 Å². The maximum absolute atomic E-state index is 14.8. The standard InChI is InChI=1S/C64H43N3O2.C56H43N3O2/c68-63-61-49(42-32-36-47(37-33-42)65-55-28-14-10-24-51(55)59(44-18-4-1-5-19-44)52-25-11-15-29-56(52)65)40-41-50(62(61)64(69)67(63)46-22-8-3-9-23-46)43-34-38-48(39-35-43)66-57-30-16-12-26-53(57)60(45-20-6-2-7-21-45)54-27-13-17-31-58(54)66;1-55(2)43-18-8-12-22-47(43)57(48-23-13-9-19-44(48)55)39-30-26-36(27-31-39)41-34-35-42(52-51(41)53(60)59(54(52)61)38-16-6-5-7-17-38)37-28-32-40(33-29-37)58-49-24-14-10-20-45(49)56(3,4)46-21-11-15-25-50(46)58/h1-41,59-60H;5-35H,1-4H3. The van der Waals surface area contributed by atoms with Crippen molar-refractivity contribution in [3.8, 4) is 44.5 Å². The van der Waals surface area contributed by atoms with Crippen molar-refractivity contribution in [3.63, 3.8) is 0 Å². The van der Waals surface area contributed by atoms with E-state index in [-0.39, 0.29) is 46.3 Å². The molecule has 130 heavy (non-hydrogen) atoms. The Bertz CT molecular complexity index is 6980. The summed E-state index contributed by atoms with van der Waals surface area (Å²) in [6.07, 6.45) is 0. The van der Waals surface area contributed by atoms with E-state index >= 15 is 0 Å². The van der Waals surface area contributed by atoms with Crippen molar-refractivity contribution in [1.29, 1.82) is 0 Å². The number of anilines is 14. The molecule has 0 radical (unpaired) electrons.